The zero-order chi connectivity index (χ0) is 8.27. The highest BCUT2D eigenvalue weighted by Crippen LogP contribution is 2.02. The van der Waals surface area contributed by atoms with E-state index in [9.17, 15) is 9.59 Å². The van der Waals surface area contributed by atoms with Crippen LogP contribution in [0.5, 0.6) is 0 Å². The molecule has 0 saturated carbocycles. The van der Waals surface area contributed by atoms with E-state index in [1.807, 2.05) is 0 Å². The molecule has 0 fully saturated rings. The average Bonchev–Trinajstić information content (AvgIpc) is 2.04. The molecule has 4 nitrogen and oxygen atoms in total. The van der Waals surface area contributed by atoms with Crippen LogP contribution in [0.15, 0.2) is 16.1 Å². The van der Waals surface area contributed by atoms with Crippen LogP contribution in [-0.2, 0) is 0 Å². The van der Waals surface area contributed by atoms with Crippen LogP contribution in [0.25, 0.3) is 0 Å². The molecule has 1 N–H and O–H groups in total. The summed E-state index contributed by atoms with van der Waals surface area (Å²) in [7, 11) is 0. The number of thioether (sulfide) groups is 1. The molecule has 58 valence electrons. The van der Waals surface area contributed by atoms with Crippen LogP contribution in [-0.4, -0.2) is 22.5 Å². The molecule has 0 unspecified atom stereocenters. The predicted octanol–water partition coefficient (Wildman–Crippen LogP) is 0.304. The zero-order valence-electron chi connectivity index (χ0n) is 5.83. The quantitative estimate of drug-likeness (QED) is 0.394. The van der Waals surface area contributed by atoms with E-state index < -0.39 is 0 Å². The van der Waals surface area contributed by atoms with Gasteiger partial charge in [0.2, 0.25) is 0 Å². The Kier molecular flexibility index (Phi) is 2.43. The molecule has 0 saturated heterocycles. The van der Waals surface area contributed by atoms with Crippen LogP contribution in [0.2, 0.25) is 0 Å². The molecular weight excluding hydrogens is 164 g/mol. The molecule has 0 atom stereocenters. The van der Waals surface area contributed by atoms with Gasteiger partial charge in [0.15, 0.2) is 11.4 Å². The lowest BCUT2D eigenvalue weighted by molar-refractivity contribution is 0.112. The molecule has 0 amide bonds. The van der Waals surface area contributed by atoms with E-state index in [0.717, 1.165) is 0 Å². The molecule has 1 rings (SSSR count). The fourth-order valence-electron chi connectivity index (χ4n) is 0.576. The van der Waals surface area contributed by atoms with Crippen LogP contribution < -0.4 is 5.56 Å². The Morgan fingerprint density at radius 3 is 2.91 bits per heavy atom. The minimum absolute atomic E-state index is 0.0581. The Hall–Kier alpha value is -1.10. The minimum atomic E-state index is -0.389. The number of carbonyl (C=O) groups is 1. The molecule has 1 aromatic heterocycles. The van der Waals surface area contributed by atoms with E-state index in [2.05, 4.69) is 9.97 Å². The molecule has 5 heteroatoms. The Morgan fingerprint density at radius 2 is 2.45 bits per heavy atom. The smallest absolute Gasteiger partial charge is 0.262 e. The van der Waals surface area contributed by atoms with E-state index in [1.54, 1.807) is 6.26 Å². The molecule has 0 aliphatic carbocycles. The van der Waals surface area contributed by atoms with Gasteiger partial charge in [-0.05, 0) is 6.26 Å². The fourth-order valence-corrected chi connectivity index (χ4v) is 0.929. The SMILES string of the molecule is CSc1ncc(C=O)c(=O)[nH]1. The highest BCUT2D eigenvalue weighted by molar-refractivity contribution is 7.98. The first-order chi connectivity index (χ1) is 5.27. The van der Waals surface area contributed by atoms with E-state index in [1.165, 1.54) is 18.0 Å². The molecular formula is C6H6N2O2S. The van der Waals surface area contributed by atoms with E-state index >= 15 is 0 Å². The highest BCUT2D eigenvalue weighted by Gasteiger charge is 1.98. The summed E-state index contributed by atoms with van der Waals surface area (Å²) in [6, 6.07) is 0. The number of H-pyrrole nitrogens is 1. The van der Waals surface area contributed by atoms with Crippen molar-refractivity contribution in [1.82, 2.24) is 9.97 Å². The largest absolute Gasteiger partial charge is 0.301 e. The number of aldehydes is 1. The summed E-state index contributed by atoms with van der Waals surface area (Å²) >= 11 is 1.32. The second-order valence-electron chi connectivity index (χ2n) is 1.79. The first kappa shape index (κ1) is 8.00. The summed E-state index contributed by atoms with van der Waals surface area (Å²) in [5.41, 5.74) is -0.331. The van der Waals surface area contributed by atoms with Crippen LogP contribution in [0.4, 0.5) is 0 Å². The third-order valence-electron chi connectivity index (χ3n) is 1.12. The van der Waals surface area contributed by atoms with Gasteiger partial charge in [0.05, 0.1) is 5.56 Å². The average molecular weight is 170 g/mol. The number of hydrogen-bond acceptors (Lipinski definition) is 4. The number of hydrogen-bond donors (Lipinski definition) is 1. The monoisotopic (exact) mass is 170 g/mol. The van der Waals surface area contributed by atoms with Crippen molar-refractivity contribution in [3.8, 4) is 0 Å². The predicted molar refractivity (Wildman–Crippen MR) is 42.0 cm³/mol. The van der Waals surface area contributed by atoms with Crippen molar-refractivity contribution in [2.45, 2.75) is 5.16 Å². The second kappa shape index (κ2) is 3.34. The molecule has 1 heterocycles. The van der Waals surface area contributed by atoms with Crippen molar-refractivity contribution in [3.63, 3.8) is 0 Å². The van der Waals surface area contributed by atoms with Gasteiger partial charge in [0.1, 0.15) is 0 Å². The summed E-state index contributed by atoms with van der Waals surface area (Å²) < 4.78 is 0. The van der Waals surface area contributed by atoms with Gasteiger partial charge >= 0.3 is 0 Å². The Balaban J connectivity index is 3.20. The van der Waals surface area contributed by atoms with Crippen molar-refractivity contribution in [2.24, 2.45) is 0 Å². The van der Waals surface area contributed by atoms with Crippen LogP contribution in [0, 0.1) is 0 Å². The van der Waals surface area contributed by atoms with Gasteiger partial charge in [-0.25, -0.2) is 4.98 Å². The number of nitrogens with zero attached hydrogens (tertiary/aromatic N) is 1. The molecule has 0 aromatic carbocycles. The van der Waals surface area contributed by atoms with Crippen molar-refractivity contribution < 1.29 is 4.79 Å². The topological polar surface area (TPSA) is 62.8 Å². The summed E-state index contributed by atoms with van der Waals surface area (Å²) in [4.78, 5) is 27.3. The molecule has 11 heavy (non-hydrogen) atoms. The zero-order valence-corrected chi connectivity index (χ0v) is 6.64. The van der Waals surface area contributed by atoms with Gasteiger partial charge in [-0.15, -0.1) is 0 Å². The Labute approximate surface area is 67.0 Å². The van der Waals surface area contributed by atoms with Crippen LogP contribution >= 0.6 is 11.8 Å². The maximum Gasteiger partial charge on any atom is 0.262 e. The van der Waals surface area contributed by atoms with Gasteiger partial charge < -0.3 is 4.98 Å². The molecule has 0 radical (unpaired) electrons. The van der Waals surface area contributed by atoms with E-state index in [-0.39, 0.29) is 11.1 Å². The number of aromatic nitrogens is 2. The Bertz CT molecular complexity index is 321. The summed E-state index contributed by atoms with van der Waals surface area (Å²) in [6.07, 6.45) is 3.53. The standard InChI is InChI=1S/C6H6N2O2S/c1-11-6-7-2-4(3-9)5(10)8-6/h2-3H,1H3,(H,7,8,10). The van der Waals surface area contributed by atoms with Gasteiger partial charge in [0, 0.05) is 6.20 Å². The lowest BCUT2D eigenvalue weighted by Gasteiger charge is -1.92. The van der Waals surface area contributed by atoms with Gasteiger partial charge in [-0.3, -0.25) is 9.59 Å². The minimum Gasteiger partial charge on any atom is -0.301 e. The third kappa shape index (κ3) is 1.68. The molecule has 1 aromatic rings. The lowest BCUT2D eigenvalue weighted by atomic mass is 10.4. The van der Waals surface area contributed by atoms with Gasteiger partial charge in [0.25, 0.3) is 5.56 Å². The molecule has 0 bridgehead atoms. The lowest BCUT2D eigenvalue weighted by Crippen LogP contribution is -2.13. The summed E-state index contributed by atoms with van der Waals surface area (Å²) in [5.74, 6) is 0. The van der Waals surface area contributed by atoms with E-state index in [0.29, 0.717) is 11.4 Å². The molecule has 0 spiro atoms. The van der Waals surface area contributed by atoms with Crippen molar-refractivity contribution in [2.75, 3.05) is 6.26 Å². The number of carbonyl (C=O) groups excluding carboxylic acids is 1. The van der Waals surface area contributed by atoms with Crippen molar-refractivity contribution >= 4 is 18.0 Å². The third-order valence-corrected chi connectivity index (χ3v) is 1.72. The first-order valence-corrected chi connectivity index (χ1v) is 4.09. The number of nitrogens with one attached hydrogen (secondary N) is 1. The molecule has 0 aliphatic rings. The number of rotatable bonds is 2. The normalized spacial score (nSPS) is 9.55. The maximum absolute atomic E-state index is 10.9. The van der Waals surface area contributed by atoms with Crippen molar-refractivity contribution in [3.05, 3.63) is 22.1 Å². The van der Waals surface area contributed by atoms with Crippen molar-refractivity contribution in [1.29, 1.82) is 0 Å². The summed E-state index contributed by atoms with van der Waals surface area (Å²) in [6.45, 7) is 0. The van der Waals surface area contributed by atoms with E-state index in [4.69, 9.17) is 0 Å². The fraction of sp³-hybridized carbons (Fsp3) is 0.167. The van der Waals surface area contributed by atoms with Crippen LogP contribution in [0.3, 0.4) is 0 Å². The maximum atomic E-state index is 10.9. The van der Waals surface area contributed by atoms with Crippen LogP contribution in [0.1, 0.15) is 10.4 Å². The Morgan fingerprint density at radius 1 is 1.73 bits per heavy atom. The highest BCUT2D eigenvalue weighted by atomic mass is 32.2. The second-order valence-corrected chi connectivity index (χ2v) is 2.59. The summed E-state index contributed by atoms with van der Waals surface area (Å²) in [5, 5.41) is 0.514. The van der Waals surface area contributed by atoms with Gasteiger partial charge in [-0.2, -0.15) is 0 Å². The first-order valence-electron chi connectivity index (χ1n) is 2.86. The molecule has 0 aliphatic heterocycles. The van der Waals surface area contributed by atoms with Gasteiger partial charge in [-0.1, -0.05) is 11.8 Å². The number of aromatic amines is 1.